The predicted octanol–water partition coefficient (Wildman–Crippen LogP) is 2.84. The van der Waals surface area contributed by atoms with Crippen LogP contribution in [0.25, 0.3) is 21.7 Å². The number of anilines is 1. The average Bonchev–Trinajstić information content (AvgIpc) is 2.29. The van der Waals surface area contributed by atoms with Gasteiger partial charge in [-0.05, 0) is 30.5 Å². The number of nitrogens with two attached hydrogens (primary N) is 1. The van der Waals surface area contributed by atoms with Crippen LogP contribution in [0.3, 0.4) is 0 Å². The molecule has 0 aliphatic heterocycles. The van der Waals surface area contributed by atoms with Gasteiger partial charge in [-0.1, -0.05) is 17.7 Å². The molecule has 84 valence electrons. The Morgan fingerprint density at radius 2 is 1.76 bits per heavy atom. The van der Waals surface area contributed by atoms with Gasteiger partial charge in [0.05, 0.1) is 5.39 Å². The van der Waals surface area contributed by atoms with Crippen LogP contribution in [0, 0.1) is 6.92 Å². The standard InChI is InChI=1S/C14H11NO2/c1-8-2-4-10-11-5-3-9(15)7-13(11)17-14(16)12(10)6-8/h2-7H,15H2,1H3. The zero-order chi connectivity index (χ0) is 12.0. The second-order valence-electron chi connectivity index (χ2n) is 4.19. The van der Waals surface area contributed by atoms with Crippen molar-refractivity contribution in [1.29, 1.82) is 0 Å². The van der Waals surface area contributed by atoms with Gasteiger partial charge in [0.15, 0.2) is 0 Å². The first kappa shape index (κ1) is 9.90. The lowest BCUT2D eigenvalue weighted by molar-refractivity contribution is 0.570. The maximum atomic E-state index is 11.8. The lowest BCUT2D eigenvalue weighted by atomic mass is 10.1. The SMILES string of the molecule is Cc1ccc2c(c1)c(=O)oc1cc(N)ccc12. The zero-order valence-corrected chi connectivity index (χ0v) is 9.36. The monoisotopic (exact) mass is 225 g/mol. The fourth-order valence-corrected chi connectivity index (χ4v) is 2.06. The van der Waals surface area contributed by atoms with Crippen LogP contribution >= 0.6 is 0 Å². The summed E-state index contributed by atoms with van der Waals surface area (Å²) in [5, 5.41) is 2.43. The van der Waals surface area contributed by atoms with E-state index in [0.29, 0.717) is 16.7 Å². The van der Waals surface area contributed by atoms with Gasteiger partial charge in [-0.3, -0.25) is 0 Å². The maximum Gasteiger partial charge on any atom is 0.344 e. The molecule has 1 heterocycles. The van der Waals surface area contributed by atoms with E-state index in [0.717, 1.165) is 16.3 Å². The summed E-state index contributed by atoms with van der Waals surface area (Å²) in [6.45, 7) is 1.95. The summed E-state index contributed by atoms with van der Waals surface area (Å²) in [6.07, 6.45) is 0. The number of fused-ring (bicyclic) bond motifs is 3. The minimum absolute atomic E-state index is 0.318. The van der Waals surface area contributed by atoms with Crippen molar-refractivity contribution in [3.63, 3.8) is 0 Å². The molecule has 3 rings (SSSR count). The van der Waals surface area contributed by atoms with Crippen LogP contribution < -0.4 is 11.4 Å². The van der Waals surface area contributed by atoms with Crippen molar-refractivity contribution in [3.05, 3.63) is 52.4 Å². The molecule has 0 amide bonds. The largest absolute Gasteiger partial charge is 0.422 e. The highest BCUT2D eigenvalue weighted by Gasteiger charge is 2.07. The molecular formula is C14H11NO2. The molecule has 0 radical (unpaired) electrons. The van der Waals surface area contributed by atoms with Crippen LogP contribution in [-0.2, 0) is 0 Å². The fraction of sp³-hybridized carbons (Fsp3) is 0.0714. The molecule has 3 heteroatoms. The Morgan fingerprint density at radius 1 is 1.00 bits per heavy atom. The highest BCUT2D eigenvalue weighted by molar-refractivity contribution is 6.05. The Kier molecular flexibility index (Phi) is 1.95. The lowest BCUT2D eigenvalue weighted by Crippen LogP contribution is -2.00. The molecule has 0 aliphatic carbocycles. The Balaban J connectivity index is 2.60. The van der Waals surface area contributed by atoms with Gasteiger partial charge in [-0.2, -0.15) is 0 Å². The van der Waals surface area contributed by atoms with Crippen molar-refractivity contribution >= 4 is 27.4 Å². The third-order valence-corrected chi connectivity index (χ3v) is 2.89. The van der Waals surface area contributed by atoms with Gasteiger partial charge in [-0.15, -0.1) is 0 Å². The Morgan fingerprint density at radius 3 is 2.59 bits per heavy atom. The number of hydrogen-bond donors (Lipinski definition) is 1. The van der Waals surface area contributed by atoms with Crippen molar-refractivity contribution in [2.24, 2.45) is 0 Å². The Bertz CT molecular complexity index is 787. The molecule has 0 unspecified atom stereocenters. The third kappa shape index (κ3) is 1.47. The first-order valence-electron chi connectivity index (χ1n) is 5.38. The van der Waals surface area contributed by atoms with Crippen LogP contribution in [0.1, 0.15) is 5.56 Å². The first-order chi connectivity index (χ1) is 8.15. The molecule has 0 saturated heterocycles. The molecule has 0 saturated carbocycles. The molecule has 0 aliphatic rings. The second-order valence-corrected chi connectivity index (χ2v) is 4.19. The molecule has 0 fully saturated rings. The minimum atomic E-state index is -0.318. The molecule has 0 spiro atoms. The van der Waals surface area contributed by atoms with Gasteiger partial charge in [0.2, 0.25) is 0 Å². The van der Waals surface area contributed by atoms with Crippen LogP contribution in [0.5, 0.6) is 0 Å². The fourth-order valence-electron chi connectivity index (χ4n) is 2.06. The number of nitrogen functional groups attached to an aromatic ring is 1. The van der Waals surface area contributed by atoms with Crippen LogP contribution in [-0.4, -0.2) is 0 Å². The Hall–Kier alpha value is -2.29. The average molecular weight is 225 g/mol. The van der Waals surface area contributed by atoms with Gasteiger partial charge in [-0.25, -0.2) is 4.79 Å². The summed E-state index contributed by atoms with van der Waals surface area (Å²) < 4.78 is 5.28. The van der Waals surface area contributed by atoms with Crippen molar-refractivity contribution in [2.75, 3.05) is 5.73 Å². The normalized spacial score (nSPS) is 11.1. The Labute approximate surface area is 97.5 Å². The van der Waals surface area contributed by atoms with Crippen LogP contribution in [0.15, 0.2) is 45.6 Å². The van der Waals surface area contributed by atoms with Crippen molar-refractivity contribution < 1.29 is 4.42 Å². The quantitative estimate of drug-likeness (QED) is 0.363. The number of hydrogen-bond acceptors (Lipinski definition) is 3. The van der Waals surface area contributed by atoms with E-state index in [1.165, 1.54) is 0 Å². The molecule has 3 aromatic rings. The highest BCUT2D eigenvalue weighted by atomic mass is 16.4. The van der Waals surface area contributed by atoms with Gasteiger partial charge in [0.1, 0.15) is 5.58 Å². The maximum absolute atomic E-state index is 11.8. The summed E-state index contributed by atoms with van der Waals surface area (Å²) in [5.41, 5.74) is 7.53. The van der Waals surface area contributed by atoms with Crippen molar-refractivity contribution in [2.45, 2.75) is 6.92 Å². The van der Waals surface area contributed by atoms with Crippen LogP contribution in [0.2, 0.25) is 0 Å². The predicted molar refractivity (Wildman–Crippen MR) is 69.1 cm³/mol. The van der Waals surface area contributed by atoms with Gasteiger partial charge >= 0.3 is 5.63 Å². The third-order valence-electron chi connectivity index (χ3n) is 2.89. The minimum Gasteiger partial charge on any atom is -0.422 e. The van der Waals surface area contributed by atoms with E-state index in [-0.39, 0.29) is 5.63 Å². The zero-order valence-electron chi connectivity index (χ0n) is 9.36. The highest BCUT2D eigenvalue weighted by Crippen LogP contribution is 2.24. The van der Waals surface area contributed by atoms with E-state index in [2.05, 4.69) is 0 Å². The van der Waals surface area contributed by atoms with E-state index in [1.54, 1.807) is 6.07 Å². The molecule has 3 nitrogen and oxygen atoms in total. The smallest absolute Gasteiger partial charge is 0.344 e. The molecule has 2 N–H and O–H groups in total. The summed E-state index contributed by atoms with van der Waals surface area (Å²) in [4.78, 5) is 11.8. The summed E-state index contributed by atoms with van der Waals surface area (Å²) in [5.74, 6) is 0. The van der Waals surface area contributed by atoms with Crippen molar-refractivity contribution in [1.82, 2.24) is 0 Å². The number of benzene rings is 2. The van der Waals surface area contributed by atoms with E-state index >= 15 is 0 Å². The number of aryl methyl sites for hydroxylation is 1. The van der Waals surface area contributed by atoms with E-state index in [1.807, 2.05) is 37.3 Å². The van der Waals surface area contributed by atoms with E-state index in [9.17, 15) is 4.79 Å². The molecule has 0 atom stereocenters. The van der Waals surface area contributed by atoms with Gasteiger partial charge < -0.3 is 10.2 Å². The molecule has 0 bridgehead atoms. The molecule has 2 aromatic carbocycles. The first-order valence-corrected chi connectivity index (χ1v) is 5.38. The van der Waals surface area contributed by atoms with Gasteiger partial charge in [0, 0.05) is 17.1 Å². The molecule has 17 heavy (non-hydrogen) atoms. The summed E-state index contributed by atoms with van der Waals surface area (Å²) in [6, 6.07) is 11.1. The van der Waals surface area contributed by atoms with E-state index < -0.39 is 0 Å². The van der Waals surface area contributed by atoms with Gasteiger partial charge in [0.25, 0.3) is 0 Å². The molecule has 1 aromatic heterocycles. The van der Waals surface area contributed by atoms with E-state index in [4.69, 9.17) is 10.2 Å². The molecular weight excluding hydrogens is 214 g/mol. The number of rotatable bonds is 0. The lowest BCUT2D eigenvalue weighted by Gasteiger charge is -2.03. The topological polar surface area (TPSA) is 56.2 Å². The summed E-state index contributed by atoms with van der Waals surface area (Å²) >= 11 is 0. The summed E-state index contributed by atoms with van der Waals surface area (Å²) in [7, 11) is 0. The van der Waals surface area contributed by atoms with Crippen molar-refractivity contribution in [3.8, 4) is 0 Å². The van der Waals surface area contributed by atoms with Crippen LogP contribution in [0.4, 0.5) is 5.69 Å². The second kappa shape index (κ2) is 3.35.